The first-order chi connectivity index (χ1) is 20.4. The van der Waals surface area contributed by atoms with Gasteiger partial charge in [0.05, 0.1) is 6.21 Å². The minimum absolute atomic E-state index is 0.0850. The second kappa shape index (κ2) is 12.8. The second-order valence-electron chi connectivity index (χ2n) is 10.2. The topological polar surface area (TPSA) is 78.7 Å². The summed E-state index contributed by atoms with van der Waals surface area (Å²) in [5.74, 6) is -0.913. The predicted octanol–water partition coefficient (Wildman–Crippen LogP) is 5.99. The summed E-state index contributed by atoms with van der Waals surface area (Å²) in [6.07, 6.45) is 3.31. The van der Waals surface area contributed by atoms with Crippen molar-refractivity contribution in [3.05, 3.63) is 143 Å². The standard InChI is InChI=1S/C35H33N5O2/c1-25-31(30-16-10-11-17-33(30)40(25)24-27-12-6-4-7-13-27)23-36-38-35(42)32(37-34(41)28-14-8-5-9-15-28)22-26-18-20-29(21-19-26)39(2)3/h4-23H,24H2,1-3H3,(H,37,41)(H,38,42). The predicted molar refractivity (Wildman–Crippen MR) is 171 cm³/mol. The van der Waals surface area contributed by atoms with E-state index in [0.29, 0.717) is 5.56 Å². The van der Waals surface area contributed by atoms with Gasteiger partial charge in [-0.3, -0.25) is 9.59 Å². The molecule has 1 aromatic heterocycles. The molecule has 5 rings (SSSR count). The Morgan fingerprint density at radius 2 is 1.48 bits per heavy atom. The lowest BCUT2D eigenvalue weighted by atomic mass is 10.1. The van der Waals surface area contributed by atoms with Gasteiger partial charge in [-0.25, -0.2) is 5.43 Å². The maximum absolute atomic E-state index is 13.4. The highest BCUT2D eigenvalue weighted by Gasteiger charge is 2.16. The number of para-hydroxylation sites is 1. The highest BCUT2D eigenvalue weighted by Crippen LogP contribution is 2.25. The lowest BCUT2D eigenvalue weighted by Crippen LogP contribution is -2.32. The molecule has 0 saturated heterocycles. The lowest BCUT2D eigenvalue weighted by Gasteiger charge is -2.12. The van der Waals surface area contributed by atoms with Crippen LogP contribution >= 0.6 is 0 Å². The molecule has 0 aliphatic rings. The number of carbonyl (C=O) groups excluding carboxylic acids is 2. The SMILES string of the molecule is Cc1c(C=NNC(=O)C(=Cc2ccc(N(C)C)cc2)NC(=O)c2ccccc2)c2ccccc2n1Cc1ccccc1. The van der Waals surface area contributed by atoms with Crippen molar-refractivity contribution in [3.8, 4) is 0 Å². The highest BCUT2D eigenvalue weighted by molar-refractivity contribution is 6.06. The van der Waals surface area contributed by atoms with Crippen LogP contribution in [0.1, 0.15) is 32.7 Å². The summed E-state index contributed by atoms with van der Waals surface area (Å²) in [7, 11) is 3.92. The fourth-order valence-corrected chi connectivity index (χ4v) is 4.78. The Hall–Kier alpha value is -5.43. The van der Waals surface area contributed by atoms with Gasteiger partial charge < -0.3 is 14.8 Å². The maximum Gasteiger partial charge on any atom is 0.287 e. The van der Waals surface area contributed by atoms with E-state index in [0.717, 1.165) is 40.0 Å². The largest absolute Gasteiger partial charge is 0.378 e. The van der Waals surface area contributed by atoms with Crippen molar-refractivity contribution in [2.45, 2.75) is 13.5 Å². The summed E-state index contributed by atoms with van der Waals surface area (Å²) < 4.78 is 2.25. The molecule has 7 heteroatoms. The van der Waals surface area contributed by atoms with E-state index in [1.807, 2.05) is 79.7 Å². The maximum atomic E-state index is 13.4. The van der Waals surface area contributed by atoms with Gasteiger partial charge in [-0.15, -0.1) is 0 Å². The molecular weight excluding hydrogens is 522 g/mol. The van der Waals surface area contributed by atoms with Crippen LogP contribution in [-0.2, 0) is 11.3 Å². The number of nitrogens with zero attached hydrogens (tertiary/aromatic N) is 3. The number of hydrazone groups is 1. The monoisotopic (exact) mass is 555 g/mol. The minimum Gasteiger partial charge on any atom is -0.378 e. The fourth-order valence-electron chi connectivity index (χ4n) is 4.78. The fraction of sp³-hybridized carbons (Fsp3) is 0.114. The van der Waals surface area contributed by atoms with E-state index < -0.39 is 5.91 Å². The van der Waals surface area contributed by atoms with Crippen LogP contribution in [-0.4, -0.2) is 36.7 Å². The number of hydrogen-bond donors (Lipinski definition) is 2. The molecule has 0 unspecified atom stereocenters. The number of carbonyl (C=O) groups is 2. The molecule has 0 aliphatic carbocycles. The molecule has 0 saturated carbocycles. The molecular formula is C35H33N5O2. The summed E-state index contributed by atoms with van der Waals surface area (Å²) in [5, 5.41) is 8.12. The Kier molecular flexibility index (Phi) is 8.58. The molecule has 7 nitrogen and oxygen atoms in total. The van der Waals surface area contributed by atoms with Crippen LogP contribution in [0.3, 0.4) is 0 Å². The van der Waals surface area contributed by atoms with Crippen LogP contribution in [0.4, 0.5) is 5.69 Å². The van der Waals surface area contributed by atoms with Gasteiger partial charge in [0.15, 0.2) is 0 Å². The Bertz CT molecular complexity index is 1750. The normalized spacial score (nSPS) is 11.5. The molecule has 2 amide bonds. The van der Waals surface area contributed by atoms with Gasteiger partial charge in [0.25, 0.3) is 11.8 Å². The molecule has 0 radical (unpaired) electrons. The second-order valence-corrected chi connectivity index (χ2v) is 10.2. The van der Waals surface area contributed by atoms with Crippen LogP contribution in [0.25, 0.3) is 17.0 Å². The van der Waals surface area contributed by atoms with Crippen molar-refractivity contribution >= 4 is 40.7 Å². The van der Waals surface area contributed by atoms with E-state index in [9.17, 15) is 9.59 Å². The van der Waals surface area contributed by atoms with Crippen molar-refractivity contribution in [1.82, 2.24) is 15.3 Å². The van der Waals surface area contributed by atoms with Crippen LogP contribution in [0, 0.1) is 6.92 Å². The summed E-state index contributed by atoms with van der Waals surface area (Å²) in [6.45, 7) is 2.77. The summed E-state index contributed by atoms with van der Waals surface area (Å²) in [5.41, 5.74) is 9.18. The third-order valence-corrected chi connectivity index (χ3v) is 7.07. The zero-order valence-electron chi connectivity index (χ0n) is 23.9. The number of rotatable bonds is 9. The molecule has 0 spiro atoms. The summed E-state index contributed by atoms with van der Waals surface area (Å²) >= 11 is 0. The molecule has 210 valence electrons. The van der Waals surface area contributed by atoms with Gasteiger partial charge in [0.2, 0.25) is 0 Å². The number of anilines is 1. The highest BCUT2D eigenvalue weighted by atomic mass is 16.2. The van der Waals surface area contributed by atoms with Crippen molar-refractivity contribution in [1.29, 1.82) is 0 Å². The van der Waals surface area contributed by atoms with Crippen molar-refractivity contribution in [2.75, 3.05) is 19.0 Å². The van der Waals surface area contributed by atoms with Gasteiger partial charge in [0, 0.05) is 54.1 Å². The zero-order valence-corrected chi connectivity index (χ0v) is 23.9. The van der Waals surface area contributed by atoms with E-state index in [-0.39, 0.29) is 11.6 Å². The first-order valence-corrected chi connectivity index (χ1v) is 13.7. The molecule has 4 aromatic carbocycles. The van der Waals surface area contributed by atoms with Gasteiger partial charge in [-0.05, 0) is 54.5 Å². The van der Waals surface area contributed by atoms with E-state index in [2.05, 4.69) is 51.6 Å². The summed E-state index contributed by atoms with van der Waals surface area (Å²) in [6, 6.07) is 34.9. The van der Waals surface area contributed by atoms with Crippen LogP contribution in [0.5, 0.6) is 0 Å². The number of amides is 2. The molecule has 0 aliphatic heterocycles. The van der Waals surface area contributed by atoms with E-state index in [4.69, 9.17) is 0 Å². The van der Waals surface area contributed by atoms with Crippen LogP contribution in [0.15, 0.2) is 120 Å². The first-order valence-electron chi connectivity index (χ1n) is 13.7. The zero-order chi connectivity index (χ0) is 29.5. The summed E-state index contributed by atoms with van der Waals surface area (Å²) in [4.78, 5) is 28.3. The number of nitrogens with one attached hydrogen (secondary N) is 2. The average molecular weight is 556 g/mol. The van der Waals surface area contributed by atoms with Crippen molar-refractivity contribution in [2.24, 2.45) is 5.10 Å². The van der Waals surface area contributed by atoms with Gasteiger partial charge in [-0.2, -0.15) is 5.10 Å². The molecule has 5 aromatic rings. The van der Waals surface area contributed by atoms with Crippen molar-refractivity contribution < 1.29 is 9.59 Å². The van der Waals surface area contributed by atoms with Crippen LogP contribution < -0.4 is 15.6 Å². The Labute approximate surface area is 245 Å². The van der Waals surface area contributed by atoms with E-state index in [1.54, 1.807) is 36.6 Å². The van der Waals surface area contributed by atoms with E-state index >= 15 is 0 Å². The number of aromatic nitrogens is 1. The van der Waals surface area contributed by atoms with E-state index in [1.165, 1.54) is 5.56 Å². The van der Waals surface area contributed by atoms with Gasteiger partial charge in [-0.1, -0.05) is 78.9 Å². The Morgan fingerprint density at radius 3 is 2.17 bits per heavy atom. The minimum atomic E-state index is -0.530. The molecule has 42 heavy (non-hydrogen) atoms. The smallest absolute Gasteiger partial charge is 0.287 e. The van der Waals surface area contributed by atoms with Crippen LogP contribution in [0.2, 0.25) is 0 Å². The first kappa shape index (κ1) is 28.1. The molecule has 0 bridgehead atoms. The Morgan fingerprint density at radius 1 is 0.833 bits per heavy atom. The van der Waals surface area contributed by atoms with Gasteiger partial charge in [0.1, 0.15) is 5.70 Å². The molecule has 0 atom stereocenters. The molecule has 1 heterocycles. The average Bonchev–Trinajstić information content (AvgIpc) is 3.28. The third-order valence-electron chi connectivity index (χ3n) is 7.07. The number of benzene rings is 4. The lowest BCUT2D eigenvalue weighted by molar-refractivity contribution is -0.117. The Balaban J connectivity index is 1.41. The van der Waals surface area contributed by atoms with Gasteiger partial charge >= 0.3 is 0 Å². The third kappa shape index (κ3) is 6.47. The quantitative estimate of drug-likeness (QED) is 0.133. The number of fused-ring (bicyclic) bond motifs is 1. The number of hydrogen-bond acceptors (Lipinski definition) is 4. The van der Waals surface area contributed by atoms with Crippen molar-refractivity contribution in [3.63, 3.8) is 0 Å². The molecule has 0 fully saturated rings. The molecule has 2 N–H and O–H groups in total.